The van der Waals surface area contributed by atoms with Crippen molar-refractivity contribution in [3.8, 4) is 5.75 Å². The van der Waals surface area contributed by atoms with Gasteiger partial charge in [0.25, 0.3) is 5.91 Å². The number of rotatable bonds is 8. The third-order valence-electron chi connectivity index (χ3n) is 4.97. The number of anilines is 2. The predicted octanol–water partition coefficient (Wildman–Crippen LogP) is 4.70. The van der Waals surface area contributed by atoms with E-state index in [0.29, 0.717) is 39.6 Å². The zero-order chi connectivity index (χ0) is 21.8. The number of amides is 1. The number of aromatic nitrogens is 3. The maximum Gasteiger partial charge on any atom is 0.256 e. The van der Waals surface area contributed by atoms with E-state index >= 15 is 0 Å². The number of carbonyl (C=O) groups is 1. The second-order valence-electron chi connectivity index (χ2n) is 7.10. The van der Waals surface area contributed by atoms with Crippen LogP contribution in [0.2, 0.25) is 0 Å². The van der Waals surface area contributed by atoms with E-state index in [-0.39, 0.29) is 5.91 Å². The van der Waals surface area contributed by atoms with Crippen LogP contribution < -0.4 is 15.4 Å². The number of carbonyl (C=O) groups excluding carboxylic acids is 1. The first-order valence-corrected chi connectivity index (χ1v) is 11.2. The number of nitrogens with one attached hydrogen (secondary N) is 2. The van der Waals surface area contributed by atoms with Crippen LogP contribution in [-0.2, 0) is 4.79 Å². The Balaban J connectivity index is 1.69. The molecule has 3 heterocycles. The number of ether oxygens (including phenoxy) is 1. The molecule has 4 rings (SSSR count). The highest BCUT2D eigenvalue weighted by atomic mass is 32.2. The molecule has 0 bridgehead atoms. The van der Waals surface area contributed by atoms with Gasteiger partial charge in [-0.1, -0.05) is 37.2 Å². The van der Waals surface area contributed by atoms with Crippen molar-refractivity contribution in [2.24, 2.45) is 0 Å². The number of benzene rings is 1. The number of fused-ring (bicyclic) bond motifs is 1. The van der Waals surface area contributed by atoms with E-state index in [1.807, 2.05) is 25.1 Å². The monoisotopic (exact) mass is 439 g/mol. The molecule has 1 unspecified atom stereocenters. The molecular weight excluding hydrogens is 414 g/mol. The molecule has 3 aromatic rings. The maximum absolute atomic E-state index is 13.4. The molecular formula is C22H25N5O3S. The largest absolute Gasteiger partial charge is 0.495 e. The maximum atomic E-state index is 13.4. The first kappa shape index (κ1) is 21.0. The van der Waals surface area contributed by atoms with Gasteiger partial charge in [-0.05, 0) is 37.6 Å². The van der Waals surface area contributed by atoms with E-state index in [2.05, 4.69) is 27.6 Å². The van der Waals surface area contributed by atoms with Gasteiger partial charge in [-0.2, -0.15) is 4.98 Å². The summed E-state index contributed by atoms with van der Waals surface area (Å²) in [6, 6.07) is 10.4. The Morgan fingerprint density at radius 1 is 1.32 bits per heavy atom. The highest BCUT2D eigenvalue weighted by Crippen LogP contribution is 2.37. The molecule has 0 saturated heterocycles. The molecule has 0 spiro atoms. The number of furan rings is 1. The van der Waals surface area contributed by atoms with Gasteiger partial charge in [0.15, 0.2) is 0 Å². The van der Waals surface area contributed by atoms with Crippen LogP contribution in [0.3, 0.4) is 0 Å². The fourth-order valence-corrected chi connectivity index (χ4v) is 4.35. The molecule has 0 radical (unpaired) electrons. The minimum absolute atomic E-state index is 0.266. The number of thioether (sulfide) groups is 1. The van der Waals surface area contributed by atoms with Gasteiger partial charge in [0.1, 0.15) is 17.6 Å². The molecule has 2 N–H and O–H groups in total. The molecule has 9 heteroatoms. The third-order valence-corrected chi connectivity index (χ3v) is 5.90. The first-order valence-electron chi connectivity index (χ1n) is 10.2. The van der Waals surface area contributed by atoms with E-state index < -0.39 is 6.04 Å². The van der Waals surface area contributed by atoms with Crippen molar-refractivity contribution in [2.75, 3.05) is 23.5 Å². The van der Waals surface area contributed by atoms with Gasteiger partial charge in [-0.15, -0.1) is 5.10 Å². The van der Waals surface area contributed by atoms with Gasteiger partial charge in [-0.25, -0.2) is 4.68 Å². The number of nitrogens with zero attached hydrogens (tertiary/aromatic N) is 3. The van der Waals surface area contributed by atoms with Gasteiger partial charge >= 0.3 is 0 Å². The van der Waals surface area contributed by atoms with Gasteiger partial charge in [0.05, 0.1) is 24.6 Å². The summed E-state index contributed by atoms with van der Waals surface area (Å²) in [6.07, 6.45) is 3.80. The molecule has 1 aliphatic heterocycles. The van der Waals surface area contributed by atoms with Crippen LogP contribution in [0.15, 0.2) is 63.5 Å². The Labute approximate surface area is 185 Å². The zero-order valence-electron chi connectivity index (χ0n) is 17.7. The lowest BCUT2D eigenvalue weighted by Gasteiger charge is -2.27. The van der Waals surface area contributed by atoms with Gasteiger partial charge in [0, 0.05) is 11.4 Å². The molecule has 31 heavy (non-hydrogen) atoms. The summed E-state index contributed by atoms with van der Waals surface area (Å²) in [5.74, 6) is 2.47. The van der Waals surface area contributed by atoms with Crippen molar-refractivity contribution in [3.05, 3.63) is 59.7 Å². The Morgan fingerprint density at radius 3 is 2.90 bits per heavy atom. The minimum Gasteiger partial charge on any atom is -0.495 e. The van der Waals surface area contributed by atoms with Crippen molar-refractivity contribution in [1.82, 2.24) is 14.8 Å². The van der Waals surface area contributed by atoms with Crippen LogP contribution >= 0.6 is 11.8 Å². The smallest absolute Gasteiger partial charge is 0.256 e. The van der Waals surface area contributed by atoms with Crippen molar-refractivity contribution >= 4 is 29.3 Å². The standard InChI is InChI=1S/C22H25N5O3S/c1-4-5-13-31-22-25-21-23-14(2)18(19(27(21)26-22)17-11-8-12-30-17)20(28)24-15-9-6-7-10-16(15)29-3/h6-12,19H,4-5,13H2,1-3H3,(H,24,28)(H,23,25,26). The molecule has 8 nitrogen and oxygen atoms in total. The number of hydrogen-bond donors (Lipinski definition) is 2. The molecule has 1 atom stereocenters. The number of hydrogen-bond acceptors (Lipinski definition) is 7. The molecule has 1 amide bonds. The van der Waals surface area contributed by atoms with E-state index in [9.17, 15) is 4.79 Å². The van der Waals surface area contributed by atoms with E-state index in [0.717, 1.165) is 18.6 Å². The van der Waals surface area contributed by atoms with Crippen molar-refractivity contribution in [1.29, 1.82) is 0 Å². The highest BCUT2D eigenvalue weighted by molar-refractivity contribution is 7.99. The molecule has 162 valence electrons. The summed E-state index contributed by atoms with van der Waals surface area (Å²) in [7, 11) is 1.57. The summed E-state index contributed by atoms with van der Waals surface area (Å²) in [4.78, 5) is 18.0. The number of allylic oxidation sites excluding steroid dienone is 1. The lowest BCUT2D eigenvalue weighted by atomic mass is 10.00. The van der Waals surface area contributed by atoms with Crippen molar-refractivity contribution < 1.29 is 13.9 Å². The Morgan fingerprint density at radius 2 is 2.16 bits per heavy atom. The summed E-state index contributed by atoms with van der Waals surface area (Å²) in [6.45, 7) is 4.01. The Bertz CT molecular complexity index is 1090. The summed E-state index contributed by atoms with van der Waals surface area (Å²) >= 11 is 1.61. The van der Waals surface area contributed by atoms with E-state index in [1.165, 1.54) is 0 Å². The number of unbranched alkanes of at least 4 members (excludes halogenated alkanes) is 1. The summed E-state index contributed by atoms with van der Waals surface area (Å²) in [5.41, 5.74) is 1.79. The molecule has 2 aromatic heterocycles. The van der Waals surface area contributed by atoms with Crippen LogP contribution in [0.1, 0.15) is 38.5 Å². The van der Waals surface area contributed by atoms with Gasteiger partial charge in [0.2, 0.25) is 11.1 Å². The summed E-state index contributed by atoms with van der Waals surface area (Å²) in [5, 5.41) is 11.5. The van der Waals surface area contributed by atoms with Crippen LogP contribution in [0.5, 0.6) is 5.75 Å². The SMILES string of the molecule is CCCCSc1nc2n(n1)C(c1ccco1)C(C(=O)Nc1ccccc1OC)=C(C)N2. The molecule has 0 saturated carbocycles. The van der Waals surface area contributed by atoms with E-state index in [1.54, 1.807) is 48.0 Å². The zero-order valence-corrected chi connectivity index (χ0v) is 18.5. The minimum atomic E-state index is -0.533. The predicted molar refractivity (Wildman–Crippen MR) is 120 cm³/mol. The fraction of sp³-hybridized carbons (Fsp3) is 0.318. The van der Waals surface area contributed by atoms with Crippen molar-refractivity contribution in [3.63, 3.8) is 0 Å². The number of methoxy groups -OCH3 is 1. The Hall–Kier alpha value is -3.20. The van der Waals surface area contributed by atoms with Crippen LogP contribution in [0, 0.1) is 0 Å². The molecule has 0 aliphatic carbocycles. The highest BCUT2D eigenvalue weighted by Gasteiger charge is 2.36. The van der Waals surface area contributed by atoms with Gasteiger partial charge < -0.3 is 19.8 Å². The second kappa shape index (κ2) is 9.30. The number of para-hydroxylation sites is 2. The third kappa shape index (κ3) is 4.32. The van der Waals surface area contributed by atoms with Crippen molar-refractivity contribution in [2.45, 2.75) is 37.9 Å². The van der Waals surface area contributed by atoms with Crippen LogP contribution in [-0.4, -0.2) is 33.5 Å². The molecule has 1 aromatic carbocycles. The topological polar surface area (TPSA) is 94.2 Å². The normalized spacial score (nSPS) is 15.4. The van der Waals surface area contributed by atoms with E-state index in [4.69, 9.17) is 9.15 Å². The average Bonchev–Trinajstić information content (AvgIpc) is 3.43. The summed E-state index contributed by atoms with van der Waals surface area (Å²) < 4.78 is 12.8. The fourth-order valence-electron chi connectivity index (χ4n) is 3.44. The second-order valence-corrected chi connectivity index (χ2v) is 8.16. The van der Waals surface area contributed by atoms with Gasteiger partial charge in [-0.3, -0.25) is 4.79 Å². The average molecular weight is 440 g/mol. The lowest BCUT2D eigenvalue weighted by Crippen LogP contribution is -2.31. The van der Waals surface area contributed by atoms with Crippen LogP contribution in [0.4, 0.5) is 11.6 Å². The molecule has 0 fully saturated rings. The quantitative estimate of drug-likeness (QED) is 0.388. The molecule has 1 aliphatic rings. The van der Waals surface area contributed by atoms with Crippen LogP contribution in [0.25, 0.3) is 0 Å². The Kier molecular flexibility index (Phi) is 6.31. The first-order chi connectivity index (χ1) is 15.1. The lowest BCUT2D eigenvalue weighted by molar-refractivity contribution is -0.113.